The molecule has 4 rings (SSSR count). The number of ether oxygens (including phenoxy) is 3. The number of Topliss-reactive ketones (excluding diaryl/α,β-unsaturated/α-hetero) is 1. The number of methoxy groups -OCH3 is 1. The summed E-state index contributed by atoms with van der Waals surface area (Å²) in [6, 6.07) is 21.3. The fourth-order valence-electron chi connectivity index (χ4n) is 5.25. The van der Waals surface area contributed by atoms with Crippen LogP contribution in [0.15, 0.2) is 78.4 Å². The van der Waals surface area contributed by atoms with Gasteiger partial charge in [-0.05, 0) is 80.0 Å². The molecule has 0 bridgehead atoms. The largest absolute Gasteiger partial charge is 0.507 e. The highest BCUT2D eigenvalue weighted by molar-refractivity contribution is 6.46. The second-order valence-corrected chi connectivity index (χ2v) is 10.4. The monoisotopic (exact) mass is 586 g/mol. The maximum Gasteiger partial charge on any atom is 0.295 e. The van der Waals surface area contributed by atoms with E-state index in [9.17, 15) is 14.7 Å². The van der Waals surface area contributed by atoms with E-state index >= 15 is 0 Å². The fourth-order valence-corrected chi connectivity index (χ4v) is 5.25. The first-order chi connectivity index (χ1) is 20.9. The lowest BCUT2D eigenvalue weighted by atomic mass is 9.95. The van der Waals surface area contributed by atoms with E-state index in [4.69, 9.17) is 14.2 Å². The molecule has 1 unspecified atom stereocenters. The molecule has 3 aromatic rings. The number of amides is 1. The molecule has 228 valence electrons. The molecule has 0 radical (unpaired) electrons. The molecule has 1 N–H and O–H groups in total. The van der Waals surface area contributed by atoms with Crippen molar-refractivity contribution in [2.24, 2.45) is 0 Å². The van der Waals surface area contributed by atoms with Crippen LogP contribution in [-0.4, -0.2) is 66.5 Å². The van der Waals surface area contributed by atoms with Crippen molar-refractivity contribution >= 4 is 17.4 Å². The van der Waals surface area contributed by atoms with E-state index in [1.165, 1.54) is 0 Å². The van der Waals surface area contributed by atoms with Gasteiger partial charge < -0.3 is 29.1 Å². The molecule has 0 aliphatic carbocycles. The summed E-state index contributed by atoms with van der Waals surface area (Å²) < 4.78 is 17.4. The Morgan fingerprint density at radius 3 is 2.28 bits per heavy atom. The molecule has 1 atom stereocenters. The van der Waals surface area contributed by atoms with Crippen LogP contribution in [0.3, 0.4) is 0 Å². The smallest absolute Gasteiger partial charge is 0.295 e. The van der Waals surface area contributed by atoms with Crippen molar-refractivity contribution in [1.29, 1.82) is 0 Å². The average molecular weight is 587 g/mol. The standard InChI is InChI=1S/C35H42N2O6/c1-5-22-42-28-17-14-26(15-18-28)33(38)31-32(37(35(40)34(31)39)21-11-20-36(6-2)7-3)27-16-19-29(30(23-27)41-4)43-24-25-12-9-8-10-13-25/h8-10,12-19,23,32,38H,5-7,11,20-22,24H2,1-4H3/b33-31-. The van der Waals surface area contributed by atoms with E-state index in [2.05, 4.69) is 18.7 Å². The molecular formula is C35H42N2O6. The second kappa shape index (κ2) is 15.3. The number of hydrogen-bond donors (Lipinski definition) is 1. The summed E-state index contributed by atoms with van der Waals surface area (Å²) in [4.78, 5) is 30.8. The summed E-state index contributed by atoms with van der Waals surface area (Å²) >= 11 is 0. The van der Waals surface area contributed by atoms with Gasteiger partial charge in [0, 0.05) is 12.1 Å². The van der Waals surface area contributed by atoms with Gasteiger partial charge in [-0.15, -0.1) is 0 Å². The van der Waals surface area contributed by atoms with Crippen LogP contribution >= 0.6 is 0 Å². The number of aliphatic hydroxyl groups is 1. The lowest BCUT2D eigenvalue weighted by molar-refractivity contribution is -0.140. The number of ketones is 1. The zero-order valence-corrected chi connectivity index (χ0v) is 25.5. The predicted molar refractivity (Wildman–Crippen MR) is 167 cm³/mol. The Morgan fingerprint density at radius 1 is 0.907 bits per heavy atom. The van der Waals surface area contributed by atoms with Gasteiger partial charge in [-0.1, -0.05) is 57.2 Å². The third-order valence-corrected chi connectivity index (χ3v) is 7.65. The molecule has 1 heterocycles. The van der Waals surface area contributed by atoms with E-state index < -0.39 is 17.7 Å². The zero-order chi connectivity index (χ0) is 30.8. The SMILES string of the molecule is CCCOc1ccc(/C(O)=C2/C(=O)C(=O)N(CCCN(CC)CC)C2c2ccc(OCc3ccccc3)c(OC)c2)cc1. The summed E-state index contributed by atoms with van der Waals surface area (Å²) in [5.74, 6) is 0.121. The van der Waals surface area contributed by atoms with Crippen molar-refractivity contribution in [2.45, 2.75) is 46.3 Å². The molecule has 8 nitrogen and oxygen atoms in total. The highest BCUT2D eigenvalue weighted by atomic mass is 16.5. The van der Waals surface area contributed by atoms with Crippen LogP contribution in [0.4, 0.5) is 0 Å². The molecular weight excluding hydrogens is 544 g/mol. The maximum atomic E-state index is 13.5. The number of hydrogen-bond acceptors (Lipinski definition) is 7. The Morgan fingerprint density at radius 2 is 1.63 bits per heavy atom. The van der Waals surface area contributed by atoms with Gasteiger partial charge in [0.25, 0.3) is 11.7 Å². The van der Waals surface area contributed by atoms with Crippen LogP contribution in [0, 0.1) is 0 Å². The lowest BCUT2D eigenvalue weighted by Gasteiger charge is -2.27. The van der Waals surface area contributed by atoms with Gasteiger partial charge in [0.2, 0.25) is 0 Å². The van der Waals surface area contributed by atoms with Crippen LogP contribution in [0.5, 0.6) is 17.2 Å². The Bertz CT molecular complexity index is 1400. The highest BCUT2D eigenvalue weighted by Crippen LogP contribution is 2.42. The maximum absolute atomic E-state index is 13.5. The van der Waals surface area contributed by atoms with Gasteiger partial charge in [0.05, 0.1) is 25.3 Å². The Kier molecular flexibility index (Phi) is 11.2. The van der Waals surface area contributed by atoms with E-state index in [1.54, 1.807) is 48.4 Å². The quantitative estimate of drug-likeness (QED) is 0.129. The number of carbonyl (C=O) groups excluding carboxylic acids is 2. The van der Waals surface area contributed by atoms with Gasteiger partial charge in [-0.25, -0.2) is 0 Å². The first kappa shape index (κ1) is 31.6. The fraction of sp³-hybridized carbons (Fsp3) is 0.371. The van der Waals surface area contributed by atoms with Crippen molar-refractivity contribution in [2.75, 3.05) is 39.9 Å². The Labute approximate surface area is 254 Å². The number of likely N-dealkylation sites (tertiary alicyclic amines) is 1. The number of benzene rings is 3. The molecule has 1 amide bonds. The minimum absolute atomic E-state index is 0.0510. The summed E-state index contributed by atoms with van der Waals surface area (Å²) in [5, 5.41) is 11.5. The zero-order valence-electron chi connectivity index (χ0n) is 25.5. The predicted octanol–water partition coefficient (Wildman–Crippen LogP) is 6.22. The van der Waals surface area contributed by atoms with E-state index in [1.807, 2.05) is 43.3 Å². The molecule has 0 aromatic heterocycles. The van der Waals surface area contributed by atoms with Gasteiger partial charge >= 0.3 is 0 Å². The first-order valence-electron chi connectivity index (χ1n) is 15.0. The van der Waals surface area contributed by atoms with Gasteiger partial charge in [0.15, 0.2) is 11.5 Å². The lowest BCUT2D eigenvalue weighted by Crippen LogP contribution is -2.33. The topological polar surface area (TPSA) is 88.5 Å². The minimum atomic E-state index is -0.787. The van der Waals surface area contributed by atoms with Gasteiger partial charge in [-0.2, -0.15) is 0 Å². The molecule has 8 heteroatoms. The van der Waals surface area contributed by atoms with Crippen LogP contribution < -0.4 is 14.2 Å². The second-order valence-electron chi connectivity index (χ2n) is 10.4. The van der Waals surface area contributed by atoms with Crippen LogP contribution in [0.2, 0.25) is 0 Å². The van der Waals surface area contributed by atoms with Crippen LogP contribution in [0.25, 0.3) is 5.76 Å². The highest BCUT2D eigenvalue weighted by Gasteiger charge is 2.46. The molecule has 1 fully saturated rings. The molecule has 43 heavy (non-hydrogen) atoms. The molecule has 1 aliphatic heterocycles. The van der Waals surface area contributed by atoms with Crippen LogP contribution in [0.1, 0.15) is 56.3 Å². The van der Waals surface area contributed by atoms with E-state index in [-0.39, 0.29) is 11.3 Å². The summed E-state index contributed by atoms with van der Waals surface area (Å²) in [7, 11) is 1.55. The average Bonchev–Trinajstić information content (AvgIpc) is 3.30. The third kappa shape index (κ3) is 7.56. The number of nitrogens with zero attached hydrogens (tertiary/aromatic N) is 2. The summed E-state index contributed by atoms with van der Waals surface area (Å²) in [5.41, 5.74) is 2.15. The van der Waals surface area contributed by atoms with Crippen LogP contribution in [-0.2, 0) is 16.2 Å². The Hall–Kier alpha value is -4.30. The van der Waals surface area contributed by atoms with Crippen molar-refractivity contribution in [1.82, 2.24) is 9.80 Å². The van der Waals surface area contributed by atoms with Gasteiger partial charge in [0.1, 0.15) is 18.1 Å². The molecule has 1 saturated heterocycles. The summed E-state index contributed by atoms with van der Waals surface area (Å²) in [6.07, 6.45) is 1.56. The molecule has 3 aromatic carbocycles. The molecule has 0 saturated carbocycles. The Balaban J connectivity index is 1.70. The number of carbonyl (C=O) groups is 2. The van der Waals surface area contributed by atoms with Crippen molar-refractivity contribution in [3.63, 3.8) is 0 Å². The minimum Gasteiger partial charge on any atom is -0.507 e. The van der Waals surface area contributed by atoms with E-state index in [0.717, 1.165) is 31.6 Å². The van der Waals surface area contributed by atoms with Crippen molar-refractivity contribution < 1.29 is 28.9 Å². The van der Waals surface area contributed by atoms with Gasteiger partial charge in [-0.3, -0.25) is 9.59 Å². The normalized spacial score (nSPS) is 16.1. The molecule has 1 aliphatic rings. The van der Waals surface area contributed by atoms with E-state index in [0.29, 0.717) is 54.6 Å². The number of rotatable bonds is 15. The first-order valence-corrected chi connectivity index (χ1v) is 15.0. The third-order valence-electron chi connectivity index (χ3n) is 7.65. The summed E-state index contributed by atoms with van der Waals surface area (Å²) in [6.45, 7) is 10.1. The van der Waals surface area contributed by atoms with Crippen molar-refractivity contribution in [3.05, 3.63) is 95.1 Å². The van der Waals surface area contributed by atoms with Crippen molar-refractivity contribution in [3.8, 4) is 17.2 Å². The molecule has 0 spiro atoms. The number of aliphatic hydroxyl groups excluding tert-OH is 1.